The summed E-state index contributed by atoms with van der Waals surface area (Å²) in [5.74, 6) is -0.0309. The number of aromatic nitrogens is 2. The number of nitrogens with zero attached hydrogens (tertiary/aromatic N) is 1. The lowest BCUT2D eigenvalue weighted by Crippen LogP contribution is -2.14. The number of aromatic amines is 1. The van der Waals surface area contributed by atoms with Gasteiger partial charge in [0.25, 0.3) is 0 Å². The van der Waals surface area contributed by atoms with Gasteiger partial charge in [-0.05, 0) is 32.4 Å². The molecule has 0 saturated heterocycles. The molecule has 0 atom stereocenters. The fourth-order valence-corrected chi connectivity index (χ4v) is 3.24. The van der Waals surface area contributed by atoms with Crippen LogP contribution in [0.5, 0.6) is 0 Å². The van der Waals surface area contributed by atoms with E-state index >= 15 is 0 Å². The van der Waals surface area contributed by atoms with Crippen molar-refractivity contribution in [2.75, 3.05) is 5.32 Å². The molecule has 3 rings (SSSR count). The van der Waals surface area contributed by atoms with Gasteiger partial charge < -0.3 is 10.3 Å². The molecule has 2 N–H and O–H groups in total. The molecule has 0 radical (unpaired) electrons. The summed E-state index contributed by atoms with van der Waals surface area (Å²) in [6.07, 6.45) is 0.355. The Kier molecular flexibility index (Phi) is 3.51. The molecule has 0 unspecified atom stereocenters. The number of anilines is 1. The van der Waals surface area contributed by atoms with E-state index in [1.807, 2.05) is 45.0 Å². The third-order valence-electron chi connectivity index (χ3n) is 3.64. The third kappa shape index (κ3) is 2.69. The molecule has 0 aliphatic rings. The van der Waals surface area contributed by atoms with Crippen LogP contribution in [0.2, 0.25) is 0 Å². The maximum Gasteiger partial charge on any atom is 0.230 e. The average Bonchev–Trinajstić information content (AvgIpc) is 2.91. The minimum atomic E-state index is -0.0309. The Morgan fingerprint density at radius 3 is 2.76 bits per heavy atom. The number of hydrogen-bond donors (Lipinski definition) is 2. The Balaban J connectivity index is 1.81. The second kappa shape index (κ2) is 5.33. The van der Waals surface area contributed by atoms with Crippen LogP contribution in [0.15, 0.2) is 24.3 Å². The molecule has 1 aromatic carbocycles. The number of nitrogens with one attached hydrogen (secondary N) is 2. The summed E-state index contributed by atoms with van der Waals surface area (Å²) < 4.78 is 0. The van der Waals surface area contributed by atoms with Gasteiger partial charge in [0.1, 0.15) is 0 Å². The summed E-state index contributed by atoms with van der Waals surface area (Å²) >= 11 is 1.51. The zero-order chi connectivity index (χ0) is 15.0. The summed E-state index contributed by atoms with van der Waals surface area (Å²) in [6.45, 7) is 5.96. The first kappa shape index (κ1) is 13.8. The van der Waals surface area contributed by atoms with E-state index in [2.05, 4.69) is 15.3 Å². The van der Waals surface area contributed by atoms with Crippen molar-refractivity contribution in [1.82, 2.24) is 9.97 Å². The number of carbonyl (C=O) groups is 1. The topological polar surface area (TPSA) is 57.8 Å². The van der Waals surface area contributed by atoms with E-state index < -0.39 is 0 Å². The van der Waals surface area contributed by atoms with E-state index in [0.29, 0.717) is 11.6 Å². The first-order valence-electron chi connectivity index (χ1n) is 6.84. The number of aryl methyl sites for hydroxylation is 3. The van der Waals surface area contributed by atoms with Gasteiger partial charge in [-0.1, -0.05) is 18.2 Å². The second-order valence-electron chi connectivity index (χ2n) is 5.16. The smallest absolute Gasteiger partial charge is 0.230 e. The van der Waals surface area contributed by atoms with Crippen molar-refractivity contribution >= 4 is 33.3 Å². The van der Waals surface area contributed by atoms with Crippen molar-refractivity contribution < 1.29 is 4.79 Å². The average molecular weight is 299 g/mol. The predicted molar refractivity (Wildman–Crippen MR) is 87.0 cm³/mol. The number of benzene rings is 1. The Labute approximate surface area is 127 Å². The molecule has 0 spiro atoms. The number of fused-ring (bicyclic) bond motifs is 1. The minimum absolute atomic E-state index is 0.0309. The van der Waals surface area contributed by atoms with Crippen LogP contribution in [-0.4, -0.2) is 15.9 Å². The normalized spacial score (nSPS) is 11.0. The standard InChI is InChI=1S/C16H17N3OS/c1-9-11(3)21-16(18-9)19-15(20)8-13-10(2)17-14-7-5-4-6-12(13)14/h4-7,17H,8H2,1-3H3,(H,18,19,20). The lowest BCUT2D eigenvalue weighted by molar-refractivity contribution is -0.115. The van der Waals surface area contributed by atoms with Gasteiger partial charge in [-0.25, -0.2) is 4.98 Å². The first-order chi connectivity index (χ1) is 10.0. The highest BCUT2D eigenvalue weighted by Crippen LogP contribution is 2.24. The van der Waals surface area contributed by atoms with E-state index in [1.54, 1.807) is 0 Å². The molecule has 0 aliphatic carbocycles. The minimum Gasteiger partial charge on any atom is -0.358 e. The zero-order valence-corrected chi connectivity index (χ0v) is 13.1. The van der Waals surface area contributed by atoms with E-state index in [9.17, 15) is 4.79 Å². The Bertz CT molecular complexity index is 797. The van der Waals surface area contributed by atoms with Gasteiger partial charge in [0.05, 0.1) is 12.1 Å². The molecular weight excluding hydrogens is 282 g/mol. The van der Waals surface area contributed by atoms with Gasteiger partial charge in [-0.15, -0.1) is 11.3 Å². The number of para-hydroxylation sites is 1. The highest BCUT2D eigenvalue weighted by molar-refractivity contribution is 7.15. The van der Waals surface area contributed by atoms with Crippen LogP contribution in [0, 0.1) is 20.8 Å². The van der Waals surface area contributed by atoms with Crippen molar-refractivity contribution in [2.45, 2.75) is 27.2 Å². The molecule has 4 nitrogen and oxygen atoms in total. The summed E-state index contributed by atoms with van der Waals surface area (Å²) in [4.78, 5) is 21.0. The lowest BCUT2D eigenvalue weighted by atomic mass is 10.1. The quantitative estimate of drug-likeness (QED) is 0.774. The molecule has 0 saturated carbocycles. The van der Waals surface area contributed by atoms with Gasteiger partial charge in [0.2, 0.25) is 5.91 Å². The molecule has 0 bridgehead atoms. The van der Waals surface area contributed by atoms with Crippen LogP contribution in [0.25, 0.3) is 10.9 Å². The summed E-state index contributed by atoms with van der Waals surface area (Å²) in [5.41, 5.74) is 4.13. The fourth-order valence-electron chi connectivity index (χ4n) is 2.41. The van der Waals surface area contributed by atoms with Crippen molar-refractivity contribution in [3.05, 3.63) is 46.1 Å². The number of hydrogen-bond acceptors (Lipinski definition) is 3. The summed E-state index contributed by atoms with van der Waals surface area (Å²) in [6, 6.07) is 8.05. The van der Waals surface area contributed by atoms with Crippen molar-refractivity contribution in [2.24, 2.45) is 0 Å². The van der Waals surface area contributed by atoms with Gasteiger partial charge in [0, 0.05) is 21.5 Å². The Morgan fingerprint density at radius 1 is 1.29 bits per heavy atom. The summed E-state index contributed by atoms with van der Waals surface area (Å²) in [5, 5.41) is 4.67. The van der Waals surface area contributed by atoms with Crippen molar-refractivity contribution in [3.8, 4) is 0 Å². The van der Waals surface area contributed by atoms with Crippen LogP contribution in [-0.2, 0) is 11.2 Å². The Morgan fingerprint density at radius 2 is 2.05 bits per heavy atom. The molecule has 0 fully saturated rings. The van der Waals surface area contributed by atoms with Crippen LogP contribution in [0.3, 0.4) is 0 Å². The molecule has 0 aliphatic heterocycles. The van der Waals surface area contributed by atoms with Crippen molar-refractivity contribution in [3.63, 3.8) is 0 Å². The monoisotopic (exact) mass is 299 g/mol. The number of rotatable bonds is 3. The first-order valence-corrected chi connectivity index (χ1v) is 7.66. The highest BCUT2D eigenvalue weighted by Gasteiger charge is 2.13. The van der Waals surface area contributed by atoms with Gasteiger partial charge in [-0.3, -0.25) is 4.79 Å². The largest absolute Gasteiger partial charge is 0.358 e. The molecule has 108 valence electrons. The molecule has 3 aromatic rings. The SMILES string of the molecule is Cc1nc(NC(=O)Cc2c(C)[nH]c3ccccc23)sc1C. The van der Waals surface area contributed by atoms with E-state index in [4.69, 9.17) is 0 Å². The van der Waals surface area contributed by atoms with E-state index in [1.165, 1.54) is 11.3 Å². The molecule has 1 amide bonds. The number of thiazole rings is 1. The zero-order valence-electron chi connectivity index (χ0n) is 12.3. The summed E-state index contributed by atoms with van der Waals surface area (Å²) in [7, 11) is 0. The maximum absolute atomic E-state index is 12.2. The van der Waals surface area contributed by atoms with Crippen LogP contribution < -0.4 is 5.32 Å². The maximum atomic E-state index is 12.2. The van der Waals surface area contributed by atoms with Crippen LogP contribution in [0.1, 0.15) is 21.8 Å². The van der Waals surface area contributed by atoms with Crippen molar-refractivity contribution in [1.29, 1.82) is 0 Å². The van der Waals surface area contributed by atoms with E-state index in [0.717, 1.165) is 32.7 Å². The van der Waals surface area contributed by atoms with Gasteiger partial charge >= 0.3 is 0 Å². The second-order valence-corrected chi connectivity index (χ2v) is 6.36. The third-order valence-corrected chi connectivity index (χ3v) is 4.63. The van der Waals surface area contributed by atoms with Gasteiger partial charge in [-0.2, -0.15) is 0 Å². The number of H-pyrrole nitrogens is 1. The molecule has 5 heteroatoms. The van der Waals surface area contributed by atoms with Crippen LogP contribution in [0.4, 0.5) is 5.13 Å². The fraction of sp³-hybridized carbons (Fsp3) is 0.250. The number of amides is 1. The molecule has 2 aromatic heterocycles. The van der Waals surface area contributed by atoms with E-state index in [-0.39, 0.29) is 5.91 Å². The highest BCUT2D eigenvalue weighted by atomic mass is 32.1. The molecule has 21 heavy (non-hydrogen) atoms. The molecular formula is C16H17N3OS. The Hall–Kier alpha value is -2.14. The van der Waals surface area contributed by atoms with Gasteiger partial charge in [0.15, 0.2) is 5.13 Å². The predicted octanol–water partition coefficient (Wildman–Crippen LogP) is 3.73. The lowest BCUT2D eigenvalue weighted by Gasteiger charge is -2.02. The molecule has 2 heterocycles. The van der Waals surface area contributed by atoms with Crippen LogP contribution >= 0.6 is 11.3 Å². The number of carbonyl (C=O) groups excluding carboxylic acids is 1.